The molecule has 0 aliphatic rings. The Bertz CT molecular complexity index is 391. The minimum atomic E-state index is -2.18. The normalized spacial score (nSPS) is 14.4. The highest BCUT2D eigenvalue weighted by atomic mass is 28.5. The van der Waals surface area contributed by atoms with Gasteiger partial charge in [-0.25, -0.2) is 4.79 Å². The molecule has 0 spiro atoms. The summed E-state index contributed by atoms with van der Waals surface area (Å²) in [6.07, 6.45) is 2.02. The van der Waals surface area contributed by atoms with E-state index in [0.717, 1.165) is 12.5 Å². The topological polar surface area (TPSA) is 54.0 Å². The van der Waals surface area contributed by atoms with E-state index < -0.39 is 31.2 Å². The molecule has 1 atom stereocenters. The van der Waals surface area contributed by atoms with Crippen molar-refractivity contribution in [3.63, 3.8) is 0 Å². The lowest BCUT2D eigenvalue weighted by Crippen LogP contribution is -2.57. The molecule has 0 heterocycles. The SMILES string of the molecule is C=CC(=O)OCCOC(CC)[Si](C)(C)O[Si](C)(C)O[Si](C)(C)C. The Balaban J connectivity index is 4.60. The second kappa shape index (κ2) is 9.28. The van der Waals surface area contributed by atoms with Gasteiger partial charge in [-0.2, -0.15) is 0 Å². The summed E-state index contributed by atoms with van der Waals surface area (Å²) in [6.45, 7) is 21.2. The smallest absolute Gasteiger partial charge is 0.330 e. The first-order valence-electron chi connectivity index (χ1n) is 8.14. The Hall–Kier alpha value is -0.259. The van der Waals surface area contributed by atoms with Crippen LogP contribution in [0.5, 0.6) is 0 Å². The zero-order chi connectivity index (χ0) is 18.3. The van der Waals surface area contributed by atoms with Crippen LogP contribution >= 0.6 is 0 Å². The third kappa shape index (κ3) is 10.3. The van der Waals surface area contributed by atoms with E-state index in [9.17, 15) is 4.79 Å². The molecule has 0 aromatic heterocycles. The van der Waals surface area contributed by atoms with Gasteiger partial charge in [0.15, 0.2) is 8.32 Å². The molecule has 0 fully saturated rings. The largest absolute Gasteiger partial charge is 0.460 e. The average Bonchev–Trinajstić information content (AvgIpc) is 2.33. The molecule has 0 aliphatic carbocycles. The second-order valence-corrected chi connectivity index (χ2v) is 20.0. The number of hydrogen-bond donors (Lipinski definition) is 0. The van der Waals surface area contributed by atoms with Crippen molar-refractivity contribution in [1.29, 1.82) is 0 Å². The van der Waals surface area contributed by atoms with E-state index in [1.807, 2.05) is 0 Å². The number of rotatable bonds is 11. The van der Waals surface area contributed by atoms with Gasteiger partial charge in [0.05, 0.1) is 12.3 Å². The highest BCUT2D eigenvalue weighted by molar-refractivity contribution is 6.87. The van der Waals surface area contributed by atoms with Crippen molar-refractivity contribution in [1.82, 2.24) is 0 Å². The van der Waals surface area contributed by atoms with E-state index in [2.05, 4.69) is 59.3 Å². The summed E-state index contributed by atoms with van der Waals surface area (Å²) in [5, 5.41) is 0. The Labute approximate surface area is 144 Å². The maximum absolute atomic E-state index is 11.0. The maximum atomic E-state index is 11.0. The van der Waals surface area contributed by atoms with Crippen LogP contribution in [0.4, 0.5) is 0 Å². The van der Waals surface area contributed by atoms with E-state index in [0.29, 0.717) is 6.61 Å². The monoisotopic (exact) mass is 378 g/mol. The lowest BCUT2D eigenvalue weighted by atomic mass is 10.5. The molecular formula is C15H34O5Si3. The van der Waals surface area contributed by atoms with Crippen LogP contribution in [0.15, 0.2) is 12.7 Å². The number of hydrogen-bond acceptors (Lipinski definition) is 5. The van der Waals surface area contributed by atoms with Gasteiger partial charge in [0.1, 0.15) is 6.61 Å². The van der Waals surface area contributed by atoms with Gasteiger partial charge in [0.2, 0.25) is 8.32 Å². The van der Waals surface area contributed by atoms with Crippen LogP contribution in [-0.2, 0) is 22.5 Å². The molecular weight excluding hydrogens is 344 g/mol. The predicted molar refractivity (Wildman–Crippen MR) is 102 cm³/mol. The fourth-order valence-corrected chi connectivity index (χ4v) is 16.2. The molecule has 23 heavy (non-hydrogen) atoms. The lowest BCUT2D eigenvalue weighted by molar-refractivity contribution is -0.139. The first-order valence-corrected chi connectivity index (χ1v) is 17.3. The predicted octanol–water partition coefficient (Wildman–Crippen LogP) is 3.83. The summed E-state index contributed by atoms with van der Waals surface area (Å²) in [6, 6.07) is 0. The Morgan fingerprint density at radius 1 is 1.04 bits per heavy atom. The van der Waals surface area contributed by atoms with E-state index in [1.165, 1.54) is 0 Å². The van der Waals surface area contributed by atoms with E-state index in [4.69, 9.17) is 17.7 Å². The van der Waals surface area contributed by atoms with Crippen molar-refractivity contribution in [2.45, 2.75) is 64.9 Å². The Morgan fingerprint density at radius 2 is 1.61 bits per heavy atom. The van der Waals surface area contributed by atoms with Gasteiger partial charge >= 0.3 is 14.5 Å². The third-order valence-corrected chi connectivity index (χ3v) is 13.6. The van der Waals surface area contributed by atoms with Crippen molar-refractivity contribution >= 4 is 31.2 Å². The first-order chi connectivity index (χ1) is 10.3. The van der Waals surface area contributed by atoms with Crippen molar-refractivity contribution in [2.24, 2.45) is 0 Å². The van der Waals surface area contributed by atoms with Crippen LogP contribution in [0.3, 0.4) is 0 Å². The number of ether oxygens (including phenoxy) is 2. The summed E-state index contributed by atoms with van der Waals surface area (Å²) in [5.74, 6) is -0.425. The number of carbonyl (C=O) groups excluding carboxylic acids is 1. The molecule has 136 valence electrons. The van der Waals surface area contributed by atoms with Gasteiger partial charge in [-0.15, -0.1) is 0 Å². The molecule has 0 aliphatic heterocycles. The summed E-state index contributed by atoms with van der Waals surface area (Å²) < 4.78 is 23.7. The quantitative estimate of drug-likeness (QED) is 0.237. The zero-order valence-electron chi connectivity index (χ0n) is 16.0. The van der Waals surface area contributed by atoms with Crippen LogP contribution in [0, 0.1) is 0 Å². The summed E-state index contributed by atoms with van der Waals surface area (Å²) in [4.78, 5) is 11.0. The van der Waals surface area contributed by atoms with Crippen molar-refractivity contribution in [3.8, 4) is 0 Å². The minimum Gasteiger partial charge on any atom is -0.460 e. The van der Waals surface area contributed by atoms with Crippen LogP contribution in [0.25, 0.3) is 0 Å². The fraction of sp³-hybridized carbons (Fsp3) is 0.800. The first kappa shape index (κ1) is 22.7. The molecule has 0 N–H and O–H groups in total. The van der Waals surface area contributed by atoms with Gasteiger partial charge in [-0.1, -0.05) is 13.5 Å². The third-order valence-electron chi connectivity index (χ3n) is 3.02. The minimum absolute atomic E-state index is 0.0435. The van der Waals surface area contributed by atoms with Gasteiger partial charge in [0.25, 0.3) is 0 Å². The standard InChI is InChI=1S/C15H34O5Si3/c1-10-14(16)17-12-13-18-15(11-2)22(6,7)20-23(8,9)19-21(3,4)5/h10,15H,1,11-13H2,2-9H3. The molecule has 0 amide bonds. The zero-order valence-corrected chi connectivity index (χ0v) is 19.0. The fourth-order valence-electron chi connectivity index (χ4n) is 2.66. The van der Waals surface area contributed by atoms with Crippen LogP contribution < -0.4 is 0 Å². The van der Waals surface area contributed by atoms with E-state index in [1.54, 1.807) is 0 Å². The molecule has 0 aromatic carbocycles. The molecule has 8 heteroatoms. The van der Waals surface area contributed by atoms with E-state index >= 15 is 0 Å². The summed E-state index contributed by atoms with van der Waals surface area (Å²) in [5.41, 5.74) is 0.0435. The van der Waals surface area contributed by atoms with Gasteiger partial charge in [0, 0.05) is 6.08 Å². The number of esters is 1. The highest BCUT2D eigenvalue weighted by Crippen LogP contribution is 2.25. The van der Waals surface area contributed by atoms with Crippen LogP contribution in [0.1, 0.15) is 13.3 Å². The maximum Gasteiger partial charge on any atom is 0.330 e. The summed E-state index contributed by atoms with van der Waals surface area (Å²) >= 11 is 0. The molecule has 0 radical (unpaired) electrons. The average molecular weight is 379 g/mol. The lowest BCUT2D eigenvalue weighted by Gasteiger charge is -2.40. The molecule has 1 unspecified atom stereocenters. The van der Waals surface area contributed by atoms with Gasteiger partial charge < -0.3 is 17.7 Å². The highest BCUT2D eigenvalue weighted by Gasteiger charge is 2.42. The van der Waals surface area contributed by atoms with E-state index in [-0.39, 0.29) is 12.3 Å². The van der Waals surface area contributed by atoms with Crippen LogP contribution in [-0.4, -0.2) is 50.1 Å². The Kier molecular flexibility index (Phi) is 9.18. The molecule has 0 bridgehead atoms. The summed E-state index contributed by atoms with van der Waals surface area (Å²) in [7, 11) is -5.89. The second-order valence-electron chi connectivity index (χ2n) is 7.46. The molecule has 0 aromatic rings. The van der Waals surface area contributed by atoms with Crippen molar-refractivity contribution in [2.75, 3.05) is 13.2 Å². The van der Waals surface area contributed by atoms with Crippen molar-refractivity contribution < 1.29 is 22.5 Å². The molecule has 0 saturated carbocycles. The Morgan fingerprint density at radius 3 is 2.04 bits per heavy atom. The number of carbonyl (C=O) groups is 1. The van der Waals surface area contributed by atoms with Gasteiger partial charge in [-0.05, 0) is 52.2 Å². The van der Waals surface area contributed by atoms with Crippen molar-refractivity contribution in [3.05, 3.63) is 12.7 Å². The molecule has 0 saturated heterocycles. The van der Waals surface area contributed by atoms with Crippen LogP contribution in [0.2, 0.25) is 45.8 Å². The van der Waals surface area contributed by atoms with Gasteiger partial charge in [-0.3, -0.25) is 0 Å². The molecule has 0 rings (SSSR count). The molecule has 5 nitrogen and oxygen atoms in total.